The van der Waals surface area contributed by atoms with Crippen LogP contribution in [0.4, 0.5) is 4.39 Å². The summed E-state index contributed by atoms with van der Waals surface area (Å²) in [6.07, 6.45) is 0. The first-order valence-corrected chi connectivity index (χ1v) is 12.6. The summed E-state index contributed by atoms with van der Waals surface area (Å²) in [6.45, 7) is 6.18. The first kappa shape index (κ1) is 24.6. The van der Waals surface area contributed by atoms with Crippen molar-refractivity contribution in [3.8, 4) is 23.0 Å². The van der Waals surface area contributed by atoms with Gasteiger partial charge in [0, 0.05) is 18.2 Å². The minimum absolute atomic E-state index is 0.0124. The van der Waals surface area contributed by atoms with E-state index in [4.69, 9.17) is 9.47 Å². The molecule has 0 aliphatic carbocycles. The largest absolute Gasteiger partial charge is 0.492 e. The molecule has 0 spiro atoms. The van der Waals surface area contributed by atoms with E-state index >= 15 is 0 Å². The first-order valence-electron chi connectivity index (χ1n) is 11.2. The van der Waals surface area contributed by atoms with Crippen molar-refractivity contribution in [3.63, 3.8) is 0 Å². The number of ether oxygens (including phenoxy) is 2. The van der Waals surface area contributed by atoms with Gasteiger partial charge in [0.05, 0.1) is 6.61 Å². The number of nitrogens with one attached hydrogen (secondary N) is 1. The number of hydrogen-bond donors (Lipinski definition) is 1. The van der Waals surface area contributed by atoms with Crippen LogP contribution in [0.1, 0.15) is 32.3 Å². The van der Waals surface area contributed by atoms with Gasteiger partial charge >= 0.3 is 0 Å². The molecule has 4 rings (SSSR count). The fourth-order valence-corrected chi connectivity index (χ4v) is 4.63. The fourth-order valence-electron chi connectivity index (χ4n) is 3.43. The predicted molar refractivity (Wildman–Crippen MR) is 129 cm³/mol. The third-order valence-corrected chi connectivity index (χ3v) is 6.67. The fraction of sp³-hybridized carbons (Fsp3) is 0.292. The molecule has 0 saturated heterocycles. The van der Waals surface area contributed by atoms with Crippen molar-refractivity contribution in [2.45, 2.75) is 31.6 Å². The zero-order chi connectivity index (χ0) is 25.0. The van der Waals surface area contributed by atoms with Gasteiger partial charge < -0.3 is 9.47 Å². The molecule has 0 bridgehead atoms. The summed E-state index contributed by atoms with van der Waals surface area (Å²) in [7, 11) is -3.83. The Balaban J connectivity index is 1.45. The highest BCUT2D eigenvalue weighted by molar-refractivity contribution is 7.89. The van der Waals surface area contributed by atoms with Crippen LogP contribution in [0.25, 0.3) is 17.0 Å². The van der Waals surface area contributed by atoms with Crippen molar-refractivity contribution < 1.29 is 22.3 Å². The van der Waals surface area contributed by atoms with Crippen molar-refractivity contribution in [1.82, 2.24) is 24.5 Å². The summed E-state index contributed by atoms with van der Waals surface area (Å²) in [6, 6.07) is 14.4. The van der Waals surface area contributed by atoms with Crippen LogP contribution in [-0.2, 0) is 10.0 Å². The van der Waals surface area contributed by atoms with Gasteiger partial charge in [-0.2, -0.15) is 4.52 Å². The third-order valence-electron chi connectivity index (χ3n) is 5.19. The molecule has 0 unspecified atom stereocenters. The second-order valence-electron chi connectivity index (χ2n) is 8.02. The van der Waals surface area contributed by atoms with E-state index in [1.807, 2.05) is 19.9 Å². The molecule has 4 aromatic rings. The maximum Gasteiger partial charge on any atom is 0.244 e. The predicted octanol–water partition coefficient (Wildman–Crippen LogP) is 3.81. The Kier molecular flexibility index (Phi) is 7.27. The van der Waals surface area contributed by atoms with Gasteiger partial charge in [0.1, 0.15) is 23.1 Å². The maximum absolute atomic E-state index is 13.6. The van der Waals surface area contributed by atoms with Gasteiger partial charge in [-0.15, -0.1) is 15.3 Å². The van der Waals surface area contributed by atoms with Gasteiger partial charge in [0.15, 0.2) is 11.5 Å². The zero-order valence-corrected chi connectivity index (χ0v) is 20.4. The van der Waals surface area contributed by atoms with E-state index in [-0.39, 0.29) is 29.8 Å². The molecule has 0 radical (unpaired) electrons. The minimum Gasteiger partial charge on any atom is -0.492 e. The average Bonchev–Trinajstić information content (AvgIpc) is 3.25. The molecule has 2 aromatic carbocycles. The van der Waals surface area contributed by atoms with Crippen molar-refractivity contribution in [1.29, 1.82) is 0 Å². The van der Waals surface area contributed by atoms with E-state index in [9.17, 15) is 12.8 Å². The quantitative estimate of drug-likeness (QED) is 0.331. The number of fused-ring (bicyclic) bond motifs is 1. The van der Waals surface area contributed by atoms with Gasteiger partial charge in [-0.1, -0.05) is 32.0 Å². The van der Waals surface area contributed by atoms with Crippen LogP contribution in [0.15, 0.2) is 59.5 Å². The molecular weight excluding hydrogens is 473 g/mol. The van der Waals surface area contributed by atoms with Gasteiger partial charge in [0.25, 0.3) is 0 Å². The van der Waals surface area contributed by atoms with E-state index in [2.05, 4.69) is 20.0 Å². The molecular formula is C24H26FN5O4S. The number of nitrogens with zero attached hydrogens (tertiary/aromatic N) is 4. The average molecular weight is 500 g/mol. The van der Waals surface area contributed by atoms with Crippen molar-refractivity contribution in [3.05, 3.63) is 66.0 Å². The second-order valence-corrected chi connectivity index (χ2v) is 9.75. The lowest BCUT2D eigenvalue weighted by Gasteiger charge is -2.15. The summed E-state index contributed by atoms with van der Waals surface area (Å²) >= 11 is 0. The molecule has 0 aliphatic heterocycles. The number of hydrogen-bond acceptors (Lipinski definition) is 7. The molecule has 2 aromatic heterocycles. The lowest BCUT2D eigenvalue weighted by molar-refractivity contribution is 0.305. The number of sulfonamides is 1. The Hall–Kier alpha value is -3.57. The van der Waals surface area contributed by atoms with Crippen LogP contribution < -0.4 is 14.2 Å². The van der Waals surface area contributed by atoms with Crippen LogP contribution in [-0.4, -0.2) is 48.0 Å². The highest BCUT2D eigenvalue weighted by Gasteiger charge is 2.21. The highest BCUT2D eigenvalue weighted by atomic mass is 32.2. The summed E-state index contributed by atoms with van der Waals surface area (Å²) < 4.78 is 54.7. The van der Waals surface area contributed by atoms with Crippen molar-refractivity contribution >= 4 is 15.7 Å². The van der Waals surface area contributed by atoms with Crippen molar-refractivity contribution in [2.24, 2.45) is 0 Å². The molecule has 9 nitrogen and oxygen atoms in total. The lowest BCUT2D eigenvalue weighted by Crippen LogP contribution is -2.29. The van der Waals surface area contributed by atoms with Crippen LogP contribution in [0.5, 0.6) is 11.6 Å². The third kappa shape index (κ3) is 5.57. The van der Waals surface area contributed by atoms with Gasteiger partial charge in [-0.3, -0.25) is 0 Å². The summed E-state index contributed by atoms with van der Waals surface area (Å²) in [5.74, 6) is 0.671. The first-order chi connectivity index (χ1) is 16.8. The van der Waals surface area contributed by atoms with Crippen molar-refractivity contribution in [2.75, 3.05) is 19.8 Å². The Morgan fingerprint density at radius 1 is 1.06 bits per heavy atom. The topological polar surface area (TPSA) is 108 Å². The Morgan fingerprint density at radius 3 is 2.63 bits per heavy atom. The number of aromatic nitrogens is 4. The molecule has 0 atom stereocenters. The van der Waals surface area contributed by atoms with Crippen LogP contribution in [0.3, 0.4) is 0 Å². The number of halogens is 1. The lowest BCUT2D eigenvalue weighted by atomic mass is 10.0. The molecule has 0 amide bonds. The van der Waals surface area contributed by atoms with E-state index in [1.165, 1.54) is 16.6 Å². The number of benzene rings is 2. The molecule has 11 heteroatoms. The maximum atomic E-state index is 13.6. The number of rotatable bonds is 10. The Morgan fingerprint density at radius 2 is 1.89 bits per heavy atom. The molecule has 35 heavy (non-hydrogen) atoms. The van der Waals surface area contributed by atoms with E-state index in [1.54, 1.807) is 43.3 Å². The van der Waals surface area contributed by atoms with Crippen LogP contribution in [0, 0.1) is 5.82 Å². The summed E-state index contributed by atoms with van der Waals surface area (Å²) in [5, 5.41) is 12.5. The van der Waals surface area contributed by atoms with Gasteiger partial charge in [-0.05, 0) is 48.7 Å². The van der Waals surface area contributed by atoms with Crippen LogP contribution >= 0.6 is 0 Å². The Labute approximate surface area is 203 Å². The molecule has 1 N–H and O–H groups in total. The smallest absolute Gasteiger partial charge is 0.244 e. The monoisotopic (exact) mass is 499 g/mol. The molecule has 2 heterocycles. The second kappa shape index (κ2) is 10.4. The minimum atomic E-state index is -3.83. The molecule has 0 aliphatic rings. The zero-order valence-electron chi connectivity index (χ0n) is 19.6. The van der Waals surface area contributed by atoms with E-state index in [0.29, 0.717) is 29.4 Å². The van der Waals surface area contributed by atoms with E-state index in [0.717, 1.165) is 5.56 Å². The molecule has 184 valence electrons. The summed E-state index contributed by atoms with van der Waals surface area (Å²) in [5.41, 5.74) is 1.88. The molecule has 0 fully saturated rings. The SMILES string of the molecule is CCOc1ccc(C(C)C)cc1S(=O)(=O)NCCOc1ccc2nnc(-c3cccc(F)c3)n2n1. The normalized spacial score (nSPS) is 11.8. The summed E-state index contributed by atoms with van der Waals surface area (Å²) in [4.78, 5) is 0.0920. The van der Waals surface area contributed by atoms with Gasteiger partial charge in [-0.25, -0.2) is 17.5 Å². The highest BCUT2D eigenvalue weighted by Crippen LogP contribution is 2.28. The molecule has 0 saturated carbocycles. The van der Waals surface area contributed by atoms with Gasteiger partial charge in [0.2, 0.25) is 15.9 Å². The van der Waals surface area contributed by atoms with E-state index < -0.39 is 15.8 Å². The standard InChI is InChI=1S/C24H26FN5O4S/c1-4-33-20-9-8-17(16(2)3)15-21(20)35(31,32)26-12-13-34-23-11-10-22-27-28-24(30(22)29-23)18-6-5-7-19(25)14-18/h5-11,14-16,26H,4,12-13H2,1-3H3. The Bertz CT molecular complexity index is 1440. The van der Waals surface area contributed by atoms with Crippen LogP contribution in [0.2, 0.25) is 0 Å².